The lowest BCUT2D eigenvalue weighted by atomic mass is 9.72. The van der Waals surface area contributed by atoms with Gasteiger partial charge in [0.1, 0.15) is 16.8 Å². The number of nitrogens with zero attached hydrogens (tertiary/aromatic N) is 1. The molecule has 2 aliphatic heterocycles. The molecule has 0 aliphatic carbocycles. The minimum absolute atomic E-state index is 0.137. The van der Waals surface area contributed by atoms with Crippen LogP contribution in [0.2, 0.25) is 0 Å². The Morgan fingerprint density at radius 2 is 1.72 bits per heavy atom. The summed E-state index contributed by atoms with van der Waals surface area (Å²) in [5, 5.41) is 9.87. The molecule has 2 aromatic rings. The van der Waals surface area contributed by atoms with Crippen LogP contribution in [0.1, 0.15) is 24.0 Å². The number of hydrogen-bond donors (Lipinski definition) is 2. The lowest BCUT2D eigenvalue weighted by molar-refractivity contribution is -0.155. The second-order valence-corrected chi connectivity index (χ2v) is 8.85. The van der Waals surface area contributed by atoms with E-state index in [1.807, 2.05) is 67.6 Å². The van der Waals surface area contributed by atoms with Gasteiger partial charge in [-0.25, -0.2) is 0 Å². The van der Waals surface area contributed by atoms with Crippen molar-refractivity contribution in [2.24, 2.45) is 11.1 Å². The van der Waals surface area contributed by atoms with Gasteiger partial charge in [0.15, 0.2) is 0 Å². The Balaban J connectivity index is 1.88. The molecule has 0 saturated carbocycles. The lowest BCUT2D eigenvalue weighted by Crippen LogP contribution is -2.73. The Hall–Kier alpha value is -2.57. The van der Waals surface area contributed by atoms with Crippen molar-refractivity contribution in [1.29, 1.82) is 0 Å². The minimum Gasteiger partial charge on any atom is -0.481 e. The third-order valence-corrected chi connectivity index (χ3v) is 7.70. The second-order valence-electron chi connectivity index (χ2n) is 7.58. The molecule has 2 aliphatic rings. The van der Waals surface area contributed by atoms with Gasteiger partial charge >= 0.3 is 5.97 Å². The monoisotopic (exact) mass is 408 g/mol. The fourth-order valence-corrected chi connectivity index (χ4v) is 6.34. The zero-order valence-electron chi connectivity index (χ0n) is 16.1. The average molecular weight is 409 g/mol. The molecule has 5 nitrogen and oxygen atoms in total. The molecule has 2 aromatic carbocycles. The van der Waals surface area contributed by atoms with E-state index in [0.717, 1.165) is 11.1 Å². The molecule has 2 heterocycles. The van der Waals surface area contributed by atoms with Gasteiger partial charge in [0, 0.05) is 17.7 Å². The normalized spacial score (nSPS) is 29.0. The topological polar surface area (TPSA) is 83.6 Å². The van der Waals surface area contributed by atoms with E-state index in [4.69, 9.17) is 5.73 Å². The summed E-state index contributed by atoms with van der Waals surface area (Å²) >= 11 is 1.51. The fraction of sp³-hybridized carbons (Fsp3) is 0.304. The fourth-order valence-electron chi connectivity index (χ4n) is 4.46. The summed E-state index contributed by atoms with van der Waals surface area (Å²) < 4.78 is 0. The number of allylic oxidation sites excluding steroid dienone is 1. The van der Waals surface area contributed by atoms with Crippen molar-refractivity contribution in [3.8, 4) is 0 Å². The van der Waals surface area contributed by atoms with Crippen molar-refractivity contribution in [3.63, 3.8) is 0 Å². The molecule has 1 amide bonds. The zero-order valence-corrected chi connectivity index (χ0v) is 17.0. The third kappa shape index (κ3) is 3.16. The lowest BCUT2D eigenvalue weighted by Gasteiger charge is -2.56. The quantitative estimate of drug-likeness (QED) is 0.587. The zero-order chi connectivity index (χ0) is 20.6. The number of carboxylic acids is 1. The summed E-state index contributed by atoms with van der Waals surface area (Å²) in [6.07, 6.45) is 3.53. The van der Waals surface area contributed by atoms with Gasteiger partial charge in [0.2, 0.25) is 5.91 Å². The molecule has 6 heteroatoms. The number of benzene rings is 2. The maximum Gasteiger partial charge on any atom is 0.316 e. The number of β-lactam (4-membered cyclic amide) rings is 1. The molecule has 0 bridgehead atoms. The Bertz CT molecular complexity index is 894. The first-order valence-corrected chi connectivity index (χ1v) is 10.6. The van der Waals surface area contributed by atoms with Gasteiger partial charge in [-0.2, -0.15) is 0 Å². The smallest absolute Gasteiger partial charge is 0.316 e. The van der Waals surface area contributed by atoms with Crippen LogP contribution in [0.3, 0.4) is 0 Å². The van der Waals surface area contributed by atoms with Gasteiger partial charge in [-0.05, 0) is 18.1 Å². The molecule has 4 atom stereocenters. The second kappa shape index (κ2) is 7.69. The van der Waals surface area contributed by atoms with Crippen LogP contribution in [-0.2, 0) is 9.59 Å². The summed E-state index contributed by atoms with van der Waals surface area (Å²) in [5.41, 5.74) is 6.98. The van der Waals surface area contributed by atoms with Crippen molar-refractivity contribution in [2.45, 2.75) is 29.5 Å². The standard InChI is InChI=1S/C23H24N2O3S/c1-2-13-23(22(27)28)14-25-20(26)18(24)21(25)29-19(23)17(15-9-5-3-6-10-15)16-11-7-4-8-12-16/h2-13,17-19,21H,14,24H2,1H3,(H,27,28)/t18?,19?,21-,23?/m1/s1. The molecule has 3 N–H and O–H groups in total. The molecule has 0 aromatic heterocycles. The van der Waals surface area contributed by atoms with E-state index in [9.17, 15) is 14.7 Å². The van der Waals surface area contributed by atoms with Crippen molar-refractivity contribution < 1.29 is 14.7 Å². The van der Waals surface area contributed by atoms with Gasteiger partial charge in [-0.3, -0.25) is 9.59 Å². The minimum atomic E-state index is -1.21. The summed E-state index contributed by atoms with van der Waals surface area (Å²) in [6, 6.07) is 19.4. The maximum atomic E-state index is 12.7. The van der Waals surface area contributed by atoms with E-state index >= 15 is 0 Å². The van der Waals surface area contributed by atoms with Gasteiger partial charge in [-0.15, -0.1) is 11.8 Å². The highest BCUT2D eigenvalue weighted by atomic mass is 32.2. The van der Waals surface area contributed by atoms with Gasteiger partial charge in [0.05, 0.1) is 0 Å². The number of rotatable bonds is 5. The van der Waals surface area contributed by atoms with Crippen LogP contribution in [0.5, 0.6) is 0 Å². The molecule has 2 fully saturated rings. The predicted molar refractivity (Wildman–Crippen MR) is 114 cm³/mol. The molecule has 0 radical (unpaired) electrons. The van der Waals surface area contributed by atoms with Crippen LogP contribution < -0.4 is 5.73 Å². The maximum absolute atomic E-state index is 12.7. The van der Waals surface area contributed by atoms with Gasteiger partial charge in [-0.1, -0.05) is 72.8 Å². The number of carboxylic acid groups (broad SMARTS) is 1. The van der Waals surface area contributed by atoms with E-state index in [-0.39, 0.29) is 29.0 Å². The van der Waals surface area contributed by atoms with Crippen LogP contribution in [0.4, 0.5) is 0 Å². The molecule has 3 unspecified atom stereocenters. The van der Waals surface area contributed by atoms with Crippen LogP contribution in [0.15, 0.2) is 72.8 Å². The van der Waals surface area contributed by atoms with Crippen molar-refractivity contribution in [1.82, 2.24) is 4.90 Å². The highest BCUT2D eigenvalue weighted by Gasteiger charge is 2.61. The van der Waals surface area contributed by atoms with E-state index in [1.165, 1.54) is 11.8 Å². The number of amides is 1. The number of fused-ring (bicyclic) bond motifs is 1. The van der Waals surface area contributed by atoms with Crippen LogP contribution in [0, 0.1) is 5.41 Å². The summed E-state index contributed by atoms with van der Waals surface area (Å²) in [4.78, 5) is 26.6. The predicted octanol–water partition coefficient (Wildman–Crippen LogP) is 3.08. The van der Waals surface area contributed by atoms with E-state index < -0.39 is 17.4 Å². The summed E-state index contributed by atoms with van der Waals surface area (Å²) in [6.45, 7) is 1.96. The Morgan fingerprint density at radius 3 is 2.21 bits per heavy atom. The first kappa shape index (κ1) is 19.7. The Morgan fingerprint density at radius 1 is 1.17 bits per heavy atom. The van der Waals surface area contributed by atoms with Gasteiger partial charge in [0.25, 0.3) is 0 Å². The summed E-state index contributed by atoms with van der Waals surface area (Å²) in [7, 11) is 0. The number of thioether (sulfide) groups is 1. The molecule has 0 spiro atoms. The van der Waals surface area contributed by atoms with E-state index in [0.29, 0.717) is 0 Å². The number of carbonyl (C=O) groups is 2. The highest BCUT2D eigenvalue weighted by Crippen LogP contribution is 2.54. The highest BCUT2D eigenvalue weighted by molar-refractivity contribution is 8.00. The number of nitrogens with two attached hydrogens (primary N) is 1. The van der Waals surface area contributed by atoms with E-state index in [1.54, 1.807) is 17.1 Å². The van der Waals surface area contributed by atoms with E-state index in [2.05, 4.69) is 0 Å². The van der Waals surface area contributed by atoms with Crippen molar-refractivity contribution in [3.05, 3.63) is 83.9 Å². The van der Waals surface area contributed by atoms with Crippen molar-refractivity contribution in [2.75, 3.05) is 6.54 Å². The van der Waals surface area contributed by atoms with Crippen LogP contribution in [-0.4, -0.2) is 45.1 Å². The van der Waals surface area contributed by atoms with Crippen molar-refractivity contribution >= 4 is 23.6 Å². The molecule has 4 rings (SSSR count). The summed E-state index contributed by atoms with van der Waals surface area (Å²) in [5.74, 6) is -1.25. The molecule has 29 heavy (non-hydrogen) atoms. The SMILES string of the molecule is CC=CC1(C(=O)O)CN2C(=O)C(N)[C@H]2SC1C(c1ccccc1)c1ccccc1. The van der Waals surface area contributed by atoms with Gasteiger partial charge < -0.3 is 15.7 Å². The average Bonchev–Trinajstić information content (AvgIpc) is 2.75. The number of hydrogen-bond acceptors (Lipinski definition) is 4. The molecular formula is C23H24N2O3S. The van der Waals surface area contributed by atoms with Crippen LogP contribution >= 0.6 is 11.8 Å². The number of carbonyl (C=O) groups excluding carboxylic acids is 1. The first-order valence-electron chi connectivity index (χ1n) is 9.68. The molecular weight excluding hydrogens is 384 g/mol. The largest absolute Gasteiger partial charge is 0.481 e. The third-order valence-electron chi connectivity index (χ3n) is 5.89. The Labute approximate surface area is 174 Å². The number of aliphatic carboxylic acids is 1. The van der Waals surface area contributed by atoms with Crippen LogP contribution in [0.25, 0.3) is 0 Å². The Kier molecular flexibility index (Phi) is 5.23. The molecule has 150 valence electrons. The first-order chi connectivity index (χ1) is 14.0. The molecule has 2 saturated heterocycles.